The average molecular weight is 267 g/mol. The van der Waals surface area contributed by atoms with Gasteiger partial charge in [-0.05, 0) is 35.8 Å². The molecule has 1 aliphatic heterocycles. The summed E-state index contributed by atoms with van der Waals surface area (Å²) in [7, 11) is 0. The van der Waals surface area contributed by atoms with Crippen molar-refractivity contribution in [2.75, 3.05) is 6.54 Å². The van der Waals surface area contributed by atoms with Crippen LogP contribution in [0.4, 0.5) is 0 Å². The second-order valence-corrected chi connectivity index (χ2v) is 4.61. The van der Waals surface area contributed by atoms with Gasteiger partial charge in [-0.2, -0.15) is 0 Å². The lowest BCUT2D eigenvalue weighted by molar-refractivity contribution is 0.261. The first kappa shape index (κ1) is 10.7. The Kier molecular flexibility index (Phi) is 3.44. The first-order chi connectivity index (χ1) is 7.29. The fourth-order valence-electron chi connectivity index (χ4n) is 1.64. The van der Waals surface area contributed by atoms with Crippen molar-refractivity contribution in [1.29, 1.82) is 0 Å². The first-order valence-electron chi connectivity index (χ1n) is 5.26. The summed E-state index contributed by atoms with van der Waals surface area (Å²) in [6.07, 6.45) is 5.40. The Labute approximate surface area is 99.1 Å². The van der Waals surface area contributed by atoms with Gasteiger partial charge in [-0.1, -0.05) is 28.9 Å². The molecule has 1 aromatic rings. The van der Waals surface area contributed by atoms with Crippen molar-refractivity contribution in [1.82, 2.24) is 10.4 Å². The van der Waals surface area contributed by atoms with E-state index in [9.17, 15) is 0 Å². The molecule has 0 aromatic heterocycles. The summed E-state index contributed by atoms with van der Waals surface area (Å²) in [5.74, 6) is 0. The zero-order valence-electron chi connectivity index (χ0n) is 8.83. The number of benzene rings is 1. The minimum Gasteiger partial charge on any atom is -0.311 e. The first-order valence-corrected chi connectivity index (χ1v) is 6.05. The van der Waals surface area contributed by atoms with Gasteiger partial charge in [-0.3, -0.25) is 0 Å². The largest absolute Gasteiger partial charge is 0.311 e. The van der Waals surface area contributed by atoms with Gasteiger partial charge in [-0.15, -0.1) is 0 Å². The SMILES string of the molecule is CCCNN1C=Cc2ccc(Br)cc2C1. The summed E-state index contributed by atoms with van der Waals surface area (Å²) in [4.78, 5) is 0. The van der Waals surface area contributed by atoms with Gasteiger partial charge in [0.05, 0.1) is 6.54 Å². The van der Waals surface area contributed by atoms with Crippen molar-refractivity contribution < 1.29 is 0 Å². The molecule has 0 amide bonds. The van der Waals surface area contributed by atoms with Crippen LogP contribution in [0.1, 0.15) is 24.5 Å². The molecule has 1 aromatic carbocycles. The number of halogens is 1. The number of nitrogens with zero attached hydrogens (tertiary/aromatic N) is 1. The van der Waals surface area contributed by atoms with E-state index in [1.54, 1.807) is 0 Å². The summed E-state index contributed by atoms with van der Waals surface area (Å²) in [5.41, 5.74) is 6.03. The highest BCUT2D eigenvalue weighted by molar-refractivity contribution is 9.10. The average Bonchev–Trinajstić information content (AvgIpc) is 2.25. The van der Waals surface area contributed by atoms with E-state index in [0.717, 1.165) is 24.0 Å². The molecule has 2 nitrogen and oxygen atoms in total. The molecular formula is C12H15BrN2. The van der Waals surface area contributed by atoms with Crippen molar-refractivity contribution in [2.24, 2.45) is 0 Å². The van der Waals surface area contributed by atoms with Crippen LogP contribution >= 0.6 is 15.9 Å². The fourth-order valence-corrected chi connectivity index (χ4v) is 2.05. The predicted molar refractivity (Wildman–Crippen MR) is 67.0 cm³/mol. The number of hydrogen-bond acceptors (Lipinski definition) is 2. The van der Waals surface area contributed by atoms with E-state index in [0.29, 0.717) is 0 Å². The van der Waals surface area contributed by atoms with Crippen molar-refractivity contribution in [3.05, 3.63) is 40.0 Å². The standard InChI is InChI=1S/C12H15BrN2/c1-2-6-14-15-7-5-10-3-4-12(13)8-11(10)9-15/h3-5,7-8,14H,2,6,9H2,1H3. The second-order valence-electron chi connectivity index (χ2n) is 3.69. The minimum atomic E-state index is 0.936. The molecule has 1 aliphatic rings. The van der Waals surface area contributed by atoms with Crippen LogP contribution in [0.25, 0.3) is 6.08 Å². The van der Waals surface area contributed by atoms with Gasteiger partial charge in [-0.25, -0.2) is 5.43 Å². The molecule has 0 saturated heterocycles. The second kappa shape index (κ2) is 4.81. The van der Waals surface area contributed by atoms with Gasteiger partial charge >= 0.3 is 0 Å². The van der Waals surface area contributed by atoms with Gasteiger partial charge in [0.1, 0.15) is 0 Å². The lowest BCUT2D eigenvalue weighted by atomic mass is 10.1. The number of rotatable bonds is 3. The summed E-state index contributed by atoms with van der Waals surface area (Å²) in [5, 5.41) is 2.14. The van der Waals surface area contributed by atoms with E-state index in [1.807, 2.05) is 0 Å². The number of hydrazine groups is 1. The van der Waals surface area contributed by atoms with Gasteiger partial charge in [0.15, 0.2) is 0 Å². The van der Waals surface area contributed by atoms with Gasteiger partial charge in [0.25, 0.3) is 0 Å². The lowest BCUT2D eigenvalue weighted by Gasteiger charge is -2.25. The van der Waals surface area contributed by atoms with Crippen molar-refractivity contribution in [2.45, 2.75) is 19.9 Å². The maximum Gasteiger partial charge on any atom is 0.0594 e. The fraction of sp³-hybridized carbons (Fsp3) is 0.333. The lowest BCUT2D eigenvalue weighted by Crippen LogP contribution is -2.34. The minimum absolute atomic E-state index is 0.936. The highest BCUT2D eigenvalue weighted by atomic mass is 79.9. The van der Waals surface area contributed by atoms with Crippen molar-refractivity contribution >= 4 is 22.0 Å². The zero-order chi connectivity index (χ0) is 10.7. The third-order valence-corrected chi connectivity index (χ3v) is 2.94. The number of fused-ring (bicyclic) bond motifs is 1. The van der Waals surface area contributed by atoms with Gasteiger partial charge in [0, 0.05) is 17.2 Å². The number of hydrogen-bond donors (Lipinski definition) is 1. The third-order valence-electron chi connectivity index (χ3n) is 2.44. The van der Waals surface area contributed by atoms with Crippen LogP contribution in [-0.2, 0) is 6.54 Å². The van der Waals surface area contributed by atoms with E-state index >= 15 is 0 Å². The van der Waals surface area contributed by atoms with E-state index in [-0.39, 0.29) is 0 Å². The molecule has 0 radical (unpaired) electrons. The number of nitrogens with one attached hydrogen (secondary N) is 1. The summed E-state index contributed by atoms with van der Waals surface area (Å²) >= 11 is 3.50. The molecule has 0 saturated carbocycles. The maximum atomic E-state index is 3.50. The molecule has 2 rings (SSSR count). The van der Waals surface area contributed by atoms with Crippen LogP contribution < -0.4 is 5.43 Å². The summed E-state index contributed by atoms with van der Waals surface area (Å²) < 4.78 is 1.15. The molecule has 0 bridgehead atoms. The monoisotopic (exact) mass is 266 g/mol. The third kappa shape index (κ3) is 2.61. The van der Waals surface area contributed by atoms with E-state index in [2.05, 4.69) is 63.8 Å². The Balaban J connectivity index is 2.11. The highest BCUT2D eigenvalue weighted by Gasteiger charge is 2.09. The molecule has 1 heterocycles. The Morgan fingerprint density at radius 2 is 2.33 bits per heavy atom. The Bertz CT molecular complexity index is 374. The van der Waals surface area contributed by atoms with Gasteiger partial charge in [0.2, 0.25) is 0 Å². The topological polar surface area (TPSA) is 15.3 Å². The van der Waals surface area contributed by atoms with E-state index in [1.165, 1.54) is 11.1 Å². The Hall–Kier alpha value is -0.800. The van der Waals surface area contributed by atoms with Crippen molar-refractivity contribution in [3.8, 4) is 0 Å². The molecule has 0 aliphatic carbocycles. The summed E-state index contributed by atoms with van der Waals surface area (Å²) in [6, 6.07) is 6.41. The molecular weight excluding hydrogens is 252 g/mol. The maximum absolute atomic E-state index is 3.50. The van der Waals surface area contributed by atoms with E-state index < -0.39 is 0 Å². The molecule has 0 spiro atoms. The molecule has 3 heteroatoms. The quantitative estimate of drug-likeness (QED) is 0.905. The smallest absolute Gasteiger partial charge is 0.0594 e. The van der Waals surface area contributed by atoms with Gasteiger partial charge < -0.3 is 5.01 Å². The van der Waals surface area contributed by atoms with E-state index in [4.69, 9.17) is 0 Å². The molecule has 1 N–H and O–H groups in total. The molecule has 0 fully saturated rings. The van der Waals surface area contributed by atoms with Crippen molar-refractivity contribution in [3.63, 3.8) is 0 Å². The zero-order valence-corrected chi connectivity index (χ0v) is 10.4. The van der Waals surface area contributed by atoms with Crippen LogP contribution in [-0.4, -0.2) is 11.6 Å². The van der Waals surface area contributed by atoms with Crippen LogP contribution in [0.2, 0.25) is 0 Å². The molecule has 0 unspecified atom stereocenters. The Morgan fingerprint density at radius 3 is 3.13 bits per heavy atom. The Morgan fingerprint density at radius 1 is 1.47 bits per heavy atom. The highest BCUT2D eigenvalue weighted by Crippen LogP contribution is 2.22. The van der Waals surface area contributed by atoms with Crippen LogP contribution in [0.5, 0.6) is 0 Å². The van der Waals surface area contributed by atoms with Crippen LogP contribution in [0, 0.1) is 0 Å². The van der Waals surface area contributed by atoms with Crippen LogP contribution in [0.15, 0.2) is 28.9 Å². The predicted octanol–water partition coefficient (Wildman–Crippen LogP) is 3.15. The normalized spacial score (nSPS) is 14.1. The summed E-state index contributed by atoms with van der Waals surface area (Å²) in [6.45, 7) is 4.13. The molecule has 80 valence electrons. The van der Waals surface area contributed by atoms with Crippen LogP contribution in [0.3, 0.4) is 0 Å². The molecule has 0 atom stereocenters. The molecule has 15 heavy (non-hydrogen) atoms.